The van der Waals surface area contributed by atoms with Crippen LogP contribution in [0.3, 0.4) is 0 Å². The maximum Gasteiger partial charge on any atom is 0.328 e. The molecule has 0 aliphatic heterocycles. The van der Waals surface area contributed by atoms with Crippen LogP contribution in [0.5, 0.6) is 0 Å². The number of carboxylic acid groups (broad SMARTS) is 1. The summed E-state index contributed by atoms with van der Waals surface area (Å²) in [5, 5.41) is 9.57. The minimum absolute atomic E-state index is 0.653. The number of hydrogen-bond donors (Lipinski definition) is 1. The first-order chi connectivity index (χ1) is 7.65. The number of carbonyl (C=O) groups is 1. The summed E-state index contributed by atoms with van der Waals surface area (Å²) >= 11 is 0. The molecule has 0 aliphatic rings. The van der Waals surface area contributed by atoms with Crippen molar-refractivity contribution in [2.45, 2.75) is 6.92 Å². The predicted octanol–water partition coefficient (Wildman–Crippen LogP) is 2.64. The van der Waals surface area contributed by atoms with Gasteiger partial charge in [-0.1, -0.05) is 18.2 Å². The molecule has 0 unspecified atom stereocenters. The number of aliphatic carboxylic acids is 1. The number of nitrogens with zero attached hydrogens (tertiary/aromatic N) is 1. The molecule has 16 heavy (non-hydrogen) atoms. The minimum atomic E-state index is -0.967. The molecule has 0 amide bonds. The molecule has 1 N–H and O–H groups in total. The summed E-state index contributed by atoms with van der Waals surface area (Å²) in [6.45, 7) is 2.00. The summed E-state index contributed by atoms with van der Waals surface area (Å²) in [5.41, 5.74) is 2.67. The Morgan fingerprint density at radius 2 is 2.06 bits per heavy atom. The quantitative estimate of drug-likeness (QED) is 0.780. The Labute approximate surface area is 93.1 Å². The van der Waals surface area contributed by atoms with Crippen molar-refractivity contribution in [3.8, 4) is 0 Å². The molecular weight excluding hydrogens is 202 g/mol. The van der Waals surface area contributed by atoms with Crippen LogP contribution in [0.25, 0.3) is 17.0 Å². The highest BCUT2D eigenvalue weighted by Crippen LogP contribution is 2.14. The Balaban J connectivity index is 2.46. The maximum absolute atomic E-state index is 10.4. The van der Waals surface area contributed by atoms with E-state index in [-0.39, 0.29) is 0 Å². The summed E-state index contributed by atoms with van der Waals surface area (Å²) < 4.78 is 0. The third-order valence-electron chi connectivity index (χ3n) is 2.27. The van der Waals surface area contributed by atoms with Crippen LogP contribution >= 0.6 is 0 Å². The van der Waals surface area contributed by atoms with E-state index in [9.17, 15) is 4.79 Å². The highest BCUT2D eigenvalue weighted by molar-refractivity contribution is 5.86. The maximum atomic E-state index is 10.4. The van der Waals surface area contributed by atoms with Crippen LogP contribution in [0.4, 0.5) is 0 Å². The van der Waals surface area contributed by atoms with Gasteiger partial charge in [0.2, 0.25) is 0 Å². The third kappa shape index (κ3) is 2.25. The van der Waals surface area contributed by atoms with Gasteiger partial charge in [-0.3, -0.25) is 0 Å². The van der Waals surface area contributed by atoms with Crippen molar-refractivity contribution >= 4 is 22.9 Å². The lowest BCUT2D eigenvalue weighted by Crippen LogP contribution is -1.88. The van der Waals surface area contributed by atoms with Crippen molar-refractivity contribution in [1.29, 1.82) is 0 Å². The van der Waals surface area contributed by atoms with Gasteiger partial charge in [0, 0.05) is 11.5 Å². The van der Waals surface area contributed by atoms with Crippen LogP contribution in [-0.2, 0) is 4.79 Å². The minimum Gasteiger partial charge on any atom is -0.478 e. The number of hydrogen-bond acceptors (Lipinski definition) is 2. The number of fused-ring (bicyclic) bond motifs is 1. The SMILES string of the molecule is Cc1ccc2ccc(/C=C/C(=O)O)nc2c1. The van der Waals surface area contributed by atoms with Gasteiger partial charge in [0.15, 0.2) is 0 Å². The second-order valence-corrected chi connectivity index (χ2v) is 3.60. The molecule has 0 saturated heterocycles. The Bertz CT molecular complexity index is 573. The summed E-state index contributed by atoms with van der Waals surface area (Å²) in [4.78, 5) is 14.7. The van der Waals surface area contributed by atoms with Gasteiger partial charge in [-0.2, -0.15) is 0 Å². The fourth-order valence-electron chi connectivity index (χ4n) is 1.49. The van der Waals surface area contributed by atoms with E-state index in [1.807, 2.05) is 31.2 Å². The third-order valence-corrected chi connectivity index (χ3v) is 2.27. The molecule has 0 radical (unpaired) electrons. The van der Waals surface area contributed by atoms with Gasteiger partial charge in [-0.05, 0) is 30.7 Å². The molecule has 80 valence electrons. The van der Waals surface area contributed by atoms with Gasteiger partial charge in [-0.15, -0.1) is 0 Å². The highest BCUT2D eigenvalue weighted by atomic mass is 16.4. The number of aryl methyl sites for hydroxylation is 1. The molecule has 2 rings (SSSR count). The highest BCUT2D eigenvalue weighted by Gasteiger charge is 1.97. The lowest BCUT2D eigenvalue weighted by atomic mass is 10.1. The Morgan fingerprint density at radius 3 is 2.81 bits per heavy atom. The van der Waals surface area contributed by atoms with E-state index in [2.05, 4.69) is 4.98 Å². The first-order valence-corrected chi connectivity index (χ1v) is 4.93. The zero-order chi connectivity index (χ0) is 11.5. The number of pyridine rings is 1. The number of carboxylic acids is 1. The molecule has 3 nitrogen and oxygen atoms in total. The zero-order valence-electron chi connectivity index (χ0n) is 8.84. The van der Waals surface area contributed by atoms with Crippen LogP contribution in [0.15, 0.2) is 36.4 Å². The average Bonchev–Trinajstić information content (AvgIpc) is 2.25. The molecule has 2 aromatic rings. The van der Waals surface area contributed by atoms with E-state index in [1.54, 1.807) is 6.07 Å². The second kappa shape index (κ2) is 4.14. The molecular formula is C13H11NO2. The van der Waals surface area contributed by atoms with Crippen molar-refractivity contribution in [2.75, 3.05) is 0 Å². The summed E-state index contributed by atoms with van der Waals surface area (Å²) in [6, 6.07) is 9.74. The predicted molar refractivity (Wildman–Crippen MR) is 63.1 cm³/mol. The van der Waals surface area contributed by atoms with E-state index < -0.39 is 5.97 Å². The van der Waals surface area contributed by atoms with Crippen molar-refractivity contribution in [2.24, 2.45) is 0 Å². The van der Waals surface area contributed by atoms with E-state index in [0.717, 1.165) is 22.5 Å². The summed E-state index contributed by atoms with van der Waals surface area (Å²) in [5.74, 6) is -0.967. The largest absolute Gasteiger partial charge is 0.478 e. The van der Waals surface area contributed by atoms with Crippen molar-refractivity contribution in [1.82, 2.24) is 4.98 Å². The van der Waals surface area contributed by atoms with Gasteiger partial charge >= 0.3 is 5.97 Å². The number of benzene rings is 1. The topological polar surface area (TPSA) is 50.2 Å². The van der Waals surface area contributed by atoms with Crippen LogP contribution in [-0.4, -0.2) is 16.1 Å². The lowest BCUT2D eigenvalue weighted by molar-refractivity contribution is -0.131. The fourth-order valence-corrected chi connectivity index (χ4v) is 1.49. The Morgan fingerprint density at radius 1 is 1.31 bits per heavy atom. The van der Waals surface area contributed by atoms with Crippen LogP contribution in [0.2, 0.25) is 0 Å². The van der Waals surface area contributed by atoms with Crippen molar-refractivity contribution in [3.05, 3.63) is 47.7 Å². The first-order valence-electron chi connectivity index (χ1n) is 4.93. The molecule has 1 heterocycles. The van der Waals surface area contributed by atoms with Gasteiger partial charge in [-0.25, -0.2) is 9.78 Å². The summed E-state index contributed by atoms with van der Waals surface area (Å²) in [7, 11) is 0. The van der Waals surface area contributed by atoms with E-state index in [4.69, 9.17) is 5.11 Å². The molecule has 3 heteroatoms. The number of aromatic nitrogens is 1. The lowest BCUT2D eigenvalue weighted by Gasteiger charge is -2.00. The van der Waals surface area contributed by atoms with Crippen molar-refractivity contribution < 1.29 is 9.90 Å². The average molecular weight is 213 g/mol. The molecule has 1 aromatic heterocycles. The smallest absolute Gasteiger partial charge is 0.328 e. The van der Waals surface area contributed by atoms with E-state index >= 15 is 0 Å². The molecule has 0 saturated carbocycles. The molecule has 0 bridgehead atoms. The van der Waals surface area contributed by atoms with Crippen molar-refractivity contribution in [3.63, 3.8) is 0 Å². The molecule has 0 atom stereocenters. The molecule has 1 aromatic carbocycles. The second-order valence-electron chi connectivity index (χ2n) is 3.60. The number of rotatable bonds is 2. The van der Waals surface area contributed by atoms with Crippen LogP contribution in [0, 0.1) is 6.92 Å². The van der Waals surface area contributed by atoms with E-state index in [1.165, 1.54) is 6.08 Å². The van der Waals surface area contributed by atoms with Gasteiger partial charge in [0.1, 0.15) is 0 Å². The first kappa shape index (κ1) is 10.4. The van der Waals surface area contributed by atoms with Gasteiger partial charge < -0.3 is 5.11 Å². The van der Waals surface area contributed by atoms with Crippen LogP contribution in [0.1, 0.15) is 11.3 Å². The Hall–Kier alpha value is -2.16. The van der Waals surface area contributed by atoms with Crippen LogP contribution < -0.4 is 0 Å². The zero-order valence-corrected chi connectivity index (χ0v) is 8.84. The monoisotopic (exact) mass is 213 g/mol. The summed E-state index contributed by atoms with van der Waals surface area (Å²) in [6.07, 6.45) is 2.58. The standard InChI is InChI=1S/C13H11NO2/c1-9-2-3-10-4-5-11(6-7-13(15)16)14-12(10)8-9/h2-8H,1H3,(H,15,16)/b7-6+. The molecule has 0 spiro atoms. The van der Waals surface area contributed by atoms with Gasteiger partial charge in [0.05, 0.1) is 11.2 Å². The molecule has 0 fully saturated rings. The molecule has 0 aliphatic carbocycles. The van der Waals surface area contributed by atoms with Gasteiger partial charge in [0.25, 0.3) is 0 Å². The van der Waals surface area contributed by atoms with E-state index in [0.29, 0.717) is 5.69 Å². The normalized spacial score (nSPS) is 11.1. The Kier molecular flexibility index (Phi) is 2.68. The fraction of sp³-hybridized carbons (Fsp3) is 0.0769.